The third-order valence-corrected chi connectivity index (χ3v) is 3.26. The molecular formula is C8H10N4O4S. The maximum absolute atomic E-state index is 11.5. The minimum atomic E-state index is -0.988. The highest BCUT2D eigenvalue weighted by Crippen LogP contribution is 2.21. The lowest BCUT2D eigenvalue weighted by Gasteiger charge is -2.09. The van der Waals surface area contributed by atoms with Crippen molar-refractivity contribution in [1.82, 2.24) is 20.1 Å². The van der Waals surface area contributed by atoms with Gasteiger partial charge in [0, 0.05) is 13.0 Å². The van der Waals surface area contributed by atoms with Gasteiger partial charge in [-0.1, -0.05) is 11.8 Å². The molecule has 1 fully saturated rings. The van der Waals surface area contributed by atoms with E-state index in [1.54, 1.807) is 0 Å². The smallest absolute Gasteiger partial charge is 0.344 e. The molecule has 2 rings (SSSR count). The van der Waals surface area contributed by atoms with Crippen LogP contribution in [-0.4, -0.2) is 44.0 Å². The van der Waals surface area contributed by atoms with Crippen molar-refractivity contribution >= 4 is 23.6 Å². The van der Waals surface area contributed by atoms with Crippen molar-refractivity contribution in [3.63, 3.8) is 0 Å². The summed E-state index contributed by atoms with van der Waals surface area (Å²) in [5.74, 6) is -1.30. The van der Waals surface area contributed by atoms with Crippen molar-refractivity contribution in [2.75, 3.05) is 12.3 Å². The van der Waals surface area contributed by atoms with Gasteiger partial charge in [0.1, 0.15) is 0 Å². The first-order chi connectivity index (χ1) is 8.08. The summed E-state index contributed by atoms with van der Waals surface area (Å²) >= 11 is 0.946. The molecule has 2 heterocycles. The molecule has 92 valence electrons. The standard InChI is InChI=1S/C8H10N4O4S/c13-5-1-4(2-9-5)12-7(16)10-11-8(12)17-3-6(14)15/h4H,1-3H2,(H,9,13)(H,10,16)(H,14,15). The van der Waals surface area contributed by atoms with Crippen molar-refractivity contribution < 1.29 is 14.7 Å². The summed E-state index contributed by atoms with van der Waals surface area (Å²) in [4.78, 5) is 33.1. The Morgan fingerprint density at radius 1 is 1.59 bits per heavy atom. The van der Waals surface area contributed by atoms with Gasteiger partial charge in [0.05, 0.1) is 11.8 Å². The number of thioether (sulfide) groups is 1. The van der Waals surface area contributed by atoms with E-state index < -0.39 is 11.7 Å². The summed E-state index contributed by atoms with van der Waals surface area (Å²) in [6, 6.07) is -0.301. The van der Waals surface area contributed by atoms with E-state index in [2.05, 4.69) is 15.5 Å². The lowest BCUT2D eigenvalue weighted by Crippen LogP contribution is -2.25. The maximum Gasteiger partial charge on any atom is 0.344 e. The number of carbonyl (C=O) groups is 2. The molecule has 1 atom stereocenters. The molecule has 0 saturated carbocycles. The fourth-order valence-corrected chi connectivity index (χ4v) is 2.35. The van der Waals surface area contributed by atoms with Gasteiger partial charge in [0.2, 0.25) is 5.91 Å². The molecule has 17 heavy (non-hydrogen) atoms. The molecule has 3 N–H and O–H groups in total. The first kappa shape index (κ1) is 11.7. The van der Waals surface area contributed by atoms with Crippen LogP contribution in [0.3, 0.4) is 0 Å². The number of carboxylic acids is 1. The summed E-state index contributed by atoms with van der Waals surface area (Å²) in [5, 5.41) is 17.5. The molecule has 1 saturated heterocycles. The zero-order valence-corrected chi connectivity index (χ0v) is 9.49. The largest absolute Gasteiger partial charge is 0.481 e. The van der Waals surface area contributed by atoms with Gasteiger partial charge in [-0.3, -0.25) is 14.2 Å². The van der Waals surface area contributed by atoms with E-state index in [1.165, 1.54) is 4.57 Å². The van der Waals surface area contributed by atoms with Gasteiger partial charge in [0.25, 0.3) is 0 Å². The van der Waals surface area contributed by atoms with Gasteiger partial charge in [-0.2, -0.15) is 0 Å². The van der Waals surface area contributed by atoms with E-state index in [0.717, 1.165) is 11.8 Å². The number of aromatic nitrogens is 3. The fourth-order valence-electron chi connectivity index (χ4n) is 1.61. The summed E-state index contributed by atoms with van der Waals surface area (Å²) < 4.78 is 1.32. The van der Waals surface area contributed by atoms with Crippen LogP contribution in [-0.2, 0) is 9.59 Å². The number of hydrogen-bond donors (Lipinski definition) is 3. The summed E-state index contributed by atoms with van der Waals surface area (Å²) in [5.41, 5.74) is -0.431. The van der Waals surface area contributed by atoms with Crippen molar-refractivity contribution in [2.24, 2.45) is 0 Å². The molecule has 1 aliphatic heterocycles. The highest BCUT2D eigenvalue weighted by molar-refractivity contribution is 7.99. The first-order valence-corrected chi connectivity index (χ1v) is 5.84. The Kier molecular flexibility index (Phi) is 3.18. The Morgan fingerprint density at radius 3 is 2.94 bits per heavy atom. The minimum absolute atomic E-state index is 0.128. The van der Waals surface area contributed by atoms with Crippen LogP contribution in [0.1, 0.15) is 12.5 Å². The van der Waals surface area contributed by atoms with Gasteiger partial charge in [-0.05, 0) is 0 Å². The number of carboxylic acid groups (broad SMARTS) is 1. The van der Waals surface area contributed by atoms with Crippen LogP contribution in [0.5, 0.6) is 0 Å². The van der Waals surface area contributed by atoms with E-state index >= 15 is 0 Å². The zero-order chi connectivity index (χ0) is 12.4. The molecule has 1 aromatic rings. The molecule has 9 heteroatoms. The first-order valence-electron chi connectivity index (χ1n) is 4.86. The van der Waals surface area contributed by atoms with Crippen molar-refractivity contribution in [1.29, 1.82) is 0 Å². The van der Waals surface area contributed by atoms with Crippen LogP contribution in [0.25, 0.3) is 0 Å². The van der Waals surface area contributed by atoms with Crippen molar-refractivity contribution in [3.05, 3.63) is 10.5 Å². The molecule has 1 unspecified atom stereocenters. The van der Waals surface area contributed by atoms with Gasteiger partial charge in [-0.15, -0.1) is 5.10 Å². The predicted molar refractivity (Wildman–Crippen MR) is 57.9 cm³/mol. The molecule has 1 amide bonds. The topological polar surface area (TPSA) is 117 Å². The second-order valence-corrected chi connectivity index (χ2v) is 4.47. The van der Waals surface area contributed by atoms with Crippen LogP contribution in [0.15, 0.2) is 9.95 Å². The average Bonchev–Trinajstić information content (AvgIpc) is 2.82. The zero-order valence-electron chi connectivity index (χ0n) is 8.67. The number of aromatic amines is 1. The molecule has 0 aromatic carbocycles. The molecule has 0 spiro atoms. The predicted octanol–water partition coefficient (Wildman–Crippen LogP) is -1.19. The number of rotatable bonds is 4. The van der Waals surface area contributed by atoms with Gasteiger partial charge in [0.15, 0.2) is 5.16 Å². The number of nitrogens with one attached hydrogen (secondary N) is 2. The maximum atomic E-state index is 11.5. The lowest BCUT2D eigenvalue weighted by molar-refractivity contribution is -0.134. The van der Waals surface area contributed by atoms with Crippen molar-refractivity contribution in [2.45, 2.75) is 17.6 Å². The number of aliphatic carboxylic acids is 1. The van der Waals surface area contributed by atoms with Crippen LogP contribution in [0.2, 0.25) is 0 Å². The molecule has 8 nitrogen and oxygen atoms in total. The van der Waals surface area contributed by atoms with Crippen molar-refractivity contribution in [3.8, 4) is 0 Å². The summed E-state index contributed by atoms with van der Waals surface area (Å²) in [6.45, 7) is 0.360. The highest BCUT2D eigenvalue weighted by Gasteiger charge is 2.27. The summed E-state index contributed by atoms with van der Waals surface area (Å²) in [6.07, 6.45) is 0.208. The second-order valence-electron chi connectivity index (χ2n) is 3.53. The highest BCUT2D eigenvalue weighted by atomic mass is 32.2. The van der Waals surface area contributed by atoms with E-state index in [-0.39, 0.29) is 24.1 Å². The number of H-pyrrole nitrogens is 1. The Morgan fingerprint density at radius 2 is 2.35 bits per heavy atom. The summed E-state index contributed by atoms with van der Waals surface area (Å²) in [7, 11) is 0. The van der Waals surface area contributed by atoms with E-state index in [9.17, 15) is 14.4 Å². The van der Waals surface area contributed by atoms with Crippen LogP contribution >= 0.6 is 11.8 Å². The molecular weight excluding hydrogens is 248 g/mol. The Labute approximate surface area is 99.4 Å². The molecule has 0 radical (unpaired) electrons. The Hall–Kier alpha value is -1.77. The lowest BCUT2D eigenvalue weighted by atomic mass is 10.2. The molecule has 0 bridgehead atoms. The quantitative estimate of drug-likeness (QED) is 0.584. The second kappa shape index (κ2) is 4.62. The van der Waals surface area contributed by atoms with Crippen LogP contribution in [0.4, 0.5) is 0 Å². The minimum Gasteiger partial charge on any atom is -0.481 e. The normalized spacial score (nSPS) is 19.3. The molecule has 1 aromatic heterocycles. The van der Waals surface area contributed by atoms with E-state index in [0.29, 0.717) is 11.7 Å². The van der Waals surface area contributed by atoms with Crippen LogP contribution in [0, 0.1) is 0 Å². The third kappa shape index (κ3) is 2.49. The third-order valence-electron chi connectivity index (χ3n) is 2.32. The Balaban J connectivity index is 2.20. The number of amides is 1. The van der Waals surface area contributed by atoms with Gasteiger partial charge < -0.3 is 10.4 Å². The monoisotopic (exact) mass is 258 g/mol. The number of carbonyl (C=O) groups excluding carboxylic acids is 1. The fraction of sp³-hybridized carbons (Fsp3) is 0.500. The number of hydrogen-bond acceptors (Lipinski definition) is 5. The average molecular weight is 258 g/mol. The Bertz CT molecular complexity index is 508. The molecule has 0 aliphatic carbocycles. The van der Waals surface area contributed by atoms with Crippen LogP contribution < -0.4 is 11.0 Å². The van der Waals surface area contributed by atoms with Gasteiger partial charge in [-0.25, -0.2) is 9.89 Å². The molecule has 1 aliphatic rings. The SMILES string of the molecule is O=C(O)CSc1n[nH]c(=O)n1C1CNC(=O)C1. The van der Waals surface area contributed by atoms with E-state index in [1.807, 2.05) is 0 Å². The van der Waals surface area contributed by atoms with Gasteiger partial charge >= 0.3 is 11.7 Å². The van der Waals surface area contributed by atoms with E-state index in [4.69, 9.17) is 5.11 Å². The number of nitrogens with zero attached hydrogens (tertiary/aromatic N) is 2.